The molecule has 1 aliphatic heterocycles. The van der Waals surface area contributed by atoms with E-state index in [1.54, 1.807) is 0 Å². The van der Waals surface area contributed by atoms with E-state index in [0.29, 0.717) is 11.8 Å². The fourth-order valence-electron chi connectivity index (χ4n) is 3.90. The van der Waals surface area contributed by atoms with Crippen LogP contribution in [0, 0.1) is 0 Å². The highest BCUT2D eigenvalue weighted by Crippen LogP contribution is 2.46. The topological polar surface area (TPSA) is 69.4 Å². The van der Waals surface area contributed by atoms with Gasteiger partial charge in [-0.1, -0.05) is 24.6 Å². The Kier molecular flexibility index (Phi) is 4.19. The lowest BCUT2D eigenvalue weighted by molar-refractivity contribution is -0.105. The number of fused-ring (bicyclic) bond motifs is 1. The Morgan fingerprint density at radius 2 is 1.71 bits per heavy atom. The normalized spacial score (nSPS) is 18.2. The fraction of sp³-hybridized carbons (Fsp3) is 0.364. The van der Waals surface area contributed by atoms with E-state index in [1.165, 1.54) is 6.42 Å². The number of hydrogen-bond acceptors (Lipinski definition) is 6. The second kappa shape index (κ2) is 6.86. The molecule has 5 rings (SSSR count). The second-order valence-corrected chi connectivity index (χ2v) is 7.51. The van der Waals surface area contributed by atoms with Gasteiger partial charge in [-0.2, -0.15) is 0 Å². The third-order valence-electron chi connectivity index (χ3n) is 5.37. The van der Waals surface area contributed by atoms with Gasteiger partial charge in [0.25, 0.3) is 5.79 Å². The first-order valence-electron chi connectivity index (χ1n) is 9.88. The first kappa shape index (κ1) is 17.1. The Labute approximate surface area is 163 Å². The summed E-state index contributed by atoms with van der Waals surface area (Å²) < 4.78 is 18.2. The first-order valence-corrected chi connectivity index (χ1v) is 9.88. The Bertz CT molecular complexity index is 964. The summed E-state index contributed by atoms with van der Waals surface area (Å²) in [5.41, 5.74) is 1.84. The molecule has 0 saturated heterocycles. The summed E-state index contributed by atoms with van der Waals surface area (Å²) in [6.07, 6.45) is 5.45. The van der Waals surface area contributed by atoms with E-state index in [-0.39, 0.29) is 6.04 Å². The number of aromatic nitrogens is 2. The van der Waals surface area contributed by atoms with Crippen molar-refractivity contribution in [3.05, 3.63) is 54.4 Å². The molecule has 1 atom stereocenters. The van der Waals surface area contributed by atoms with Gasteiger partial charge in [0.2, 0.25) is 11.8 Å². The molecule has 2 aliphatic rings. The lowest BCUT2D eigenvalue weighted by atomic mass is 9.94. The fourth-order valence-corrected chi connectivity index (χ4v) is 3.90. The predicted octanol–water partition coefficient (Wildman–Crippen LogP) is 5.34. The van der Waals surface area contributed by atoms with Crippen molar-refractivity contribution in [2.24, 2.45) is 0 Å². The van der Waals surface area contributed by atoms with E-state index in [1.807, 2.05) is 55.5 Å². The van der Waals surface area contributed by atoms with Gasteiger partial charge in [-0.25, -0.2) is 0 Å². The maximum Gasteiger partial charge on any atom is 0.251 e. The minimum absolute atomic E-state index is 0.131. The van der Waals surface area contributed by atoms with Crippen molar-refractivity contribution in [2.45, 2.75) is 50.9 Å². The summed E-state index contributed by atoms with van der Waals surface area (Å²) in [5, 5.41) is 11.8. The van der Waals surface area contributed by atoms with Gasteiger partial charge < -0.3 is 19.2 Å². The zero-order valence-corrected chi connectivity index (χ0v) is 15.9. The van der Waals surface area contributed by atoms with Gasteiger partial charge in [-0.15, -0.1) is 10.2 Å². The Hall–Kier alpha value is -3.02. The number of nitrogens with one attached hydrogen (secondary N) is 1. The van der Waals surface area contributed by atoms with Crippen LogP contribution < -0.4 is 14.8 Å². The van der Waals surface area contributed by atoms with Crippen molar-refractivity contribution in [1.29, 1.82) is 0 Å². The van der Waals surface area contributed by atoms with Gasteiger partial charge >= 0.3 is 0 Å². The number of ether oxygens (including phenoxy) is 2. The Morgan fingerprint density at radius 1 is 0.929 bits per heavy atom. The van der Waals surface area contributed by atoms with Gasteiger partial charge in [-0.3, -0.25) is 0 Å². The summed E-state index contributed by atoms with van der Waals surface area (Å²) in [7, 11) is 0. The molecule has 6 heteroatoms. The molecule has 3 aromatic rings. The van der Waals surface area contributed by atoms with Gasteiger partial charge in [0, 0.05) is 30.2 Å². The number of benzene rings is 2. The third kappa shape index (κ3) is 3.19. The van der Waals surface area contributed by atoms with Crippen molar-refractivity contribution < 1.29 is 13.9 Å². The molecule has 2 aromatic carbocycles. The predicted molar refractivity (Wildman–Crippen MR) is 105 cm³/mol. The molecule has 0 amide bonds. The largest absolute Gasteiger partial charge is 0.448 e. The molecule has 1 spiro atoms. The molecule has 0 bridgehead atoms. The average Bonchev–Trinajstić information content (AvgIpc) is 3.34. The highest BCUT2D eigenvalue weighted by molar-refractivity contribution is 5.57. The zero-order chi connectivity index (χ0) is 19.0. The van der Waals surface area contributed by atoms with Gasteiger partial charge in [-0.05, 0) is 44.0 Å². The number of rotatable bonds is 4. The van der Waals surface area contributed by atoms with Gasteiger partial charge in [0.15, 0.2) is 11.5 Å². The summed E-state index contributed by atoms with van der Waals surface area (Å²) in [5.74, 6) is 2.23. The molecule has 1 N–H and O–H groups in total. The lowest BCUT2D eigenvalue weighted by Crippen LogP contribution is -2.40. The lowest BCUT2D eigenvalue weighted by Gasteiger charge is -2.31. The minimum atomic E-state index is -0.456. The molecular weight excluding hydrogens is 354 g/mol. The number of hydrogen-bond donors (Lipinski definition) is 1. The summed E-state index contributed by atoms with van der Waals surface area (Å²) in [6, 6.07) is 15.6. The van der Waals surface area contributed by atoms with Crippen LogP contribution in [0.25, 0.3) is 11.5 Å². The third-order valence-corrected chi connectivity index (χ3v) is 5.37. The Morgan fingerprint density at radius 3 is 2.54 bits per heavy atom. The van der Waals surface area contributed by atoms with E-state index in [4.69, 9.17) is 13.9 Å². The molecule has 144 valence electrons. The van der Waals surface area contributed by atoms with Crippen molar-refractivity contribution >= 4 is 5.69 Å². The SMILES string of the molecule is CC(Nc1ccc2c(c1)OC1(CCCCC1)O2)c1nnc(-c2ccccc2)o1. The van der Waals surface area contributed by atoms with Crippen LogP contribution in [0.3, 0.4) is 0 Å². The number of nitrogens with zero attached hydrogens (tertiary/aromatic N) is 2. The van der Waals surface area contributed by atoms with Crippen LogP contribution in [0.4, 0.5) is 5.69 Å². The second-order valence-electron chi connectivity index (χ2n) is 7.51. The Balaban J connectivity index is 1.30. The molecule has 1 unspecified atom stereocenters. The molecule has 1 aromatic heterocycles. The zero-order valence-electron chi connectivity index (χ0n) is 15.9. The van der Waals surface area contributed by atoms with E-state index in [0.717, 1.165) is 48.4 Å². The maximum atomic E-state index is 6.21. The van der Waals surface area contributed by atoms with Crippen molar-refractivity contribution in [2.75, 3.05) is 5.32 Å². The van der Waals surface area contributed by atoms with Crippen LogP contribution >= 0.6 is 0 Å². The van der Waals surface area contributed by atoms with E-state index in [9.17, 15) is 0 Å². The summed E-state index contributed by atoms with van der Waals surface area (Å²) >= 11 is 0. The molecule has 1 saturated carbocycles. The molecule has 1 aliphatic carbocycles. The standard InChI is InChI=1S/C22H23N3O3/c1-15(20-24-25-21(26-20)16-8-4-2-5-9-16)23-17-10-11-18-19(14-17)28-22(27-18)12-6-3-7-13-22/h2,4-5,8-11,14-15,23H,3,6-7,12-13H2,1H3. The summed E-state index contributed by atoms with van der Waals surface area (Å²) in [6.45, 7) is 2.00. The highest BCUT2D eigenvalue weighted by Gasteiger charge is 2.42. The molecule has 0 radical (unpaired) electrons. The summed E-state index contributed by atoms with van der Waals surface area (Å²) in [4.78, 5) is 0. The molecule has 1 fully saturated rings. The number of anilines is 1. The van der Waals surface area contributed by atoms with Crippen LogP contribution in [0.5, 0.6) is 11.5 Å². The van der Waals surface area contributed by atoms with Crippen LogP contribution in [-0.4, -0.2) is 16.0 Å². The smallest absolute Gasteiger partial charge is 0.251 e. The van der Waals surface area contributed by atoms with Gasteiger partial charge in [0.05, 0.1) is 0 Å². The van der Waals surface area contributed by atoms with E-state index < -0.39 is 5.79 Å². The molecule has 6 nitrogen and oxygen atoms in total. The van der Waals surface area contributed by atoms with E-state index >= 15 is 0 Å². The van der Waals surface area contributed by atoms with Crippen molar-refractivity contribution in [3.8, 4) is 23.0 Å². The van der Waals surface area contributed by atoms with Crippen LogP contribution in [0.2, 0.25) is 0 Å². The van der Waals surface area contributed by atoms with E-state index in [2.05, 4.69) is 15.5 Å². The van der Waals surface area contributed by atoms with Crippen LogP contribution in [0.15, 0.2) is 52.9 Å². The van der Waals surface area contributed by atoms with Crippen LogP contribution in [0.1, 0.15) is 51.0 Å². The molecule has 28 heavy (non-hydrogen) atoms. The minimum Gasteiger partial charge on any atom is -0.448 e. The monoisotopic (exact) mass is 377 g/mol. The van der Waals surface area contributed by atoms with Crippen molar-refractivity contribution in [1.82, 2.24) is 10.2 Å². The van der Waals surface area contributed by atoms with Crippen molar-refractivity contribution in [3.63, 3.8) is 0 Å². The first-order chi connectivity index (χ1) is 13.7. The molecular formula is C22H23N3O3. The van der Waals surface area contributed by atoms with Crippen LogP contribution in [-0.2, 0) is 0 Å². The molecule has 2 heterocycles. The average molecular weight is 377 g/mol. The highest BCUT2D eigenvalue weighted by atomic mass is 16.7. The van der Waals surface area contributed by atoms with Gasteiger partial charge in [0.1, 0.15) is 6.04 Å². The maximum absolute atomic E-state index is 6.21. The quantitative estimate of drug-likeness (QED) is 0.662.